The van der Waals surface area contributed by atoms with Crippen molar-refractivity contribution in [2.45, 2.75) is 12.8 Å². The standard InChI is InChI=1S/C13H13FO/c1-9(8-15)12-4-2-3-10-5-6-11(14)7-13(10)12/h2-7,9,15H,8H2,1H3. The van der Waals surface area contributed by atoms with Crippen molar-refractivity contribution in [1.29, 1.82) is 0 Å². The lowest BCUT2D eigenvalue weighted by Crippen LogP contribution is -1.99. The zero-order chi connectivity index (χ0) is 10.8. The van der Waals surface area contributed by atoms with Crippen LogP contribution in [0, 0.1) is 5.82 Å². The number of aliphatic hydroxyl groups excluding tert-OH is 1. The maximum Gasteiger partial charge on any atom is 0.123 e. The van der Waals surface area contributed by atoms with Crippen LogP contribution in [0.2, 0.25) is 0 Å². The van der Waals surface area contributed by atoms with Crippen molar-refractivity contribution >= 4 is 10.8 Å². The molecule has 2 aromatic carbocycles. The summed E-state index contributed by atoms with van der Waals surface area (Å²) in [5, 5.41) is 11.0. The van der Waals surface area contributed by atoms with Gasteiger partial charge in [0.25, 0.3) is 0 Å². The molecule has 0 aliphatic carbocycles. The molecule has 0 spiro atoms. The summed E-state index contributed by atoms with van der Waals surface area (Å²) in [4.78, 5) is 0. The Morgan fingerprint density at radius 3 is 2.80 bits per heavy atom. The number of fused-ring (bicyclic) bond motifs is 1. The van der Waals surface area contributed by atoms with Crippen LogP contribution in [-0.4, -0.2) is 11.7 Å². The Hall–Kier alpha value is -1.41. The topological polar surface area (TPSA) is 20.2 Å². The van der Waals surface area contributed by atoms with Gasteiger partial charge in [-0.1, -0.05) is 31.2 Å². The maximum absolute atomic E-state index is 13.1. The van der Waals surface area contributed by atoms with E-state index in [9.17, 15) is 4.39 Å². The molecule has 0 heterocycles. The molecule has 0 aromatic heterocycles. The minimum Gasteiger partial charge on any atom is -0.396 e. The summed E-state index contributed by atoms with van der Waals surface area (Å²) in [5.74, 6) is -0.199. The van der Waals surface area contributed by atoms with Crippen molar-refractivity contribution in [2.75, 3.05) is 6.61 Å². The molecule has 0 aliphatic heterocycles. The van der Waals surface area contributed by atoms with Crippen LogP contribution < -0.4 is 0 Å². The molecule has 15 heavy (non-hydrogen) atoms. The van der Waals surface area contributed by atoms with E-state index < -0.39 is 0 Å². The molecular formula is C13H13FO. The third kappa shape index (κ3) is 1.85. The van der Waals surface area contributed by atoms with Crippen LogP contribution in [0.1, 0.15) is 18.4 Å². The molecule has 1 N–H and O–H groups in total. The third-order valence-electron chi connectivity index (χ3n) is 2.68. The summed E-state index contributed by atoms with van der Waals surface area (Å²) in [7, 11) is 0. The summed E-state index contributed by atoms with van der Waals surface area (Å²) < 4.78 is 13.1. The van der Waals surface area contributed by atoms with E-state index in [2.05, 4.69) is 0 Å². The van der Waals surface area contributed by atoms with Gasteiger partial charge < -0.3 is 5.11 Å². The van der Waals surface area contributed by atoms with Gasteiger partial charge in [-0.15, -0.1) is 0 Å². The lowest BCUT2D eigenvalue weighted by Gasteiger charge is -2.11. The highest BCUT2D eigenvalue weighted by molar-refractivity contribution is 5.86. The first kappa shape index (κ1) is 10.1. The van der Waals surface area contributed by atoms with E-state index in [0.29, 0.717) is 0 Å². The van der Waals surface area contributed by atoms with Gasteiger partial charge in [0.1, 0.15) is 5.82 Å². The smallest absolute Gasteiger partial charge is 0.123 e. The largest absolute Gasteiger partial charge is 0.396 e. The van der Waals surface area contributed by atoms with E-state index in [-0.39, 0.29) is 18.3 Å². The highest BCUT2D eigenvalue weighted by Crippen LogP contribution is 2.25. The fourth-order valence-corrected chi connectivity index (χ4v) is 1.80. The molecule has 0 aliphatic rings. The third-order valence-corrected chi connectivity index (χ3v) is 2.68. The maximum atomic E-state index is 13.1. The van der Waals surface area contributed by atoms with Crippen molar-refractivity contribution in [3.63, 3.8) is 0 Å². The molecule has 1 atom stereocenters. The Morgan fingerprint density at radius 1 is 1.27 bits per heavy atom. The Labute approximate surface area is 88.2 Å². The quantitative estimate of drug-likeness (QED) is 0.797. The molecule has 2 rings (SSSR count). The summed E-state index contributed by atoms with van der Waals surface area (Å²) in [6, 6.07) is 10.6. The number of halogens is 1. The molecule has 0 radical (unpaired) electrons. The lowest BCUT2D eigenvalue weighted by molar-refractivity contribution is 0.273. The summed E-state index contributed by atoms with van der Waals surface area (Å²) in [5.41, 5.74) is 0.995. The van der Waals surface area contributed by atoms with E-state index >= 15 is 0 Å². The van der Waals surface area contributed by atoms with Gasteiger partial charge in [0.2, 0.25) is 0 Å². The van der Waals surface area contributed by atoms with Crippen molar-refractivity contribution in [2.24, 2.45) is 0 Å². The van der Waals surface area contributed by atoms with E-state index in [4.69, 9.17) is 5.11 Å². The van der Waals surface area contributed by atoms with Crippen molar-refractivity contribution in [3.8, 4) is 0 Å². The van der Waals surface area contributed by atoms with Crippen LogP contribution in [0.25, 0.3) is 10.8 Å². The second-order valence-corrected chi connectivity index (χ2v) is 3.80. The second kappa shape index (κ2) is 3.99. The lowest BCUT2D eigenvalue weighted by atomic mass is 9.95. The monoisotopic (exact) mass is 204 g/mol. The molecule has 0 saturated heterocycles. The number of hydrogen-bond donors (Lipinski definition) is 1. The second-order valence-electron chi connectivity index (χ2n) is 3.80. The van der Waals surface area contributed by atoms with Crippen LogP contribution >= 0.6 is 0 Å². The molecule has 0 amide bonds. The van der Waals surface area contributed by atoms with Crippen LogP contribution in [0.3, 0.4) is 0 Å². The van der Waals surface area contributed by atoms with Gasteiger partial charge >= 0.3 is 0 Å². The molecule has 0 saturated carbocycles. The van der Waals surface area contributed by atoms with Crippen LogP contribution in [-0.2, 0) is 0 Å². The molecule has 2 aromatic rings. The Balaban J connectivity index is 2.68. The molecule has 0 fully saturated rings. The Bertz CT molecular complexity index is 479. The fourth-order valence-electron chi connectivity index (χ4n) is 1.80. The number of rotatable bonds is 2. The average molecular weight is 204 g/mol. The van der Waals surface area contributed by atoms with E-state index in [1.165, 1.54) is 12.1 Å². The highest BCUT2D eigenvalue weighted by atomic mass is 19.1. The average Bonchev–Trinajstić information content (AvgIpc) is 2.27. The number of aliphatic hydroxyl groups is 1. The van der Waals surface area contributed by atoms with Crippen molar-refractivity contribution in [3.05, 3.63) is 47.8 Å². The molecule has 0 bridgehead atoms. The van der Waals surface area contributed by atoms with E-state index in [1.54, 1.807) is 6.07 Å². The van der Waals surface area contributed by atoms with E-state index in [1.807, 2.05) is 25.1 Å². The predicted molar refractivity (Wildman–Crippen MR) is 59.4 cm³/mol. The summed E-state index contributed by atoms with van der Waals surface area (Å²) in [6.45, 7) is 2.01. The first-order chi connectivity index (χ1) is 7.22. The summed E-state index contributed by atoms with van der Waals surface area (Å²) in [6.07, 6.45) is 0. The van der Waals surface area contributed by atoms with Crippen LogP contribution in [0.5, 0.6) is 0 Å². The SMILES string of the molecule is CC(CO)c1cccc2ccc(F)cc12. The van der Waals surface area contributed by atoms with Gasteiger partial charge in [-0.2, -0.15) is 0 Å². The van der Waals surface area contributed by atoms with Crippen LogP contribution in [0.15, 0.2) is 36.4 Å². The number of hydrogen-bond acceptors (Lipinski definition) is 1. The van der Waals surface area contributed by atoms with Crippen molar-refractivity contribution in [1.82, 2.24) is 0 Å². The predicted octanol–water partition coefficient (Wildman–Crippen LogP) is 3.07. The van der Waals surface area contributed by atoms with Gasteiger partial charge in [-0.25, -0.2) is 4.39 Å². The molecule has 1 unspecified atom stereocenters. The summed E-state index contributed by atoms with van der Waals surface area (Å²) >= 11 is 0. The zero-order valence-electron chi connectivity index (χ0n) is 8.57. The minimum atomic E-state index is -0.236. The fraction of sp³-hybridized carbons (Fsp3) is 0.231. The first-order valence-electron chi connectivity index (χ1n) is 5.01. The van der Waals surface area contributed by atoms with Crippen LogP contribution in [0.4, 0.5) is 4.39 Å². The van der Waals surface area contributed by atoms with Gasteiger partial charge in [0, 0.05) is 12.5 Å². The highest BCUT2D eigenvalue weighted by Gasteiger charge is 2.08. The molecule has 1 nitrogen and oxygen atoms in total. The zero-order valence-corrected chi connectivity index (χ0v) is 8.57. The van der Waals surface area contributed by atoms with Gasteiger partial charge in [0.15, 0.2) is 0 Å². The number of benzene rings is 2. The molecular weight excluding hydrogens is 191 g/mol. The Morgan fingerprint density at radius 2 is 2.07 bits per heavy atom. The van der Waals surface area contributed by atoms with Gasteiger partial charge in [-0.05, 0) is 28.5 Å². The normalized spacial score (nSPS) is 13.0. The Kier molecular flexibility index (Phi) is 2.69. The van der Waals surface area contributed by atoms with E-state index in [0.717, 1.165) is 16.3 Å². The van der Waals surface area contributed by atoms with Gasteiger partial charge in [0.05, 0.1) is 0 Å². The first-order valence-corrected chi connectivity index (χ1v) is 5.01. The van der Waals surface area contributed by atoms with Crippen molar-refractivity contribution < 1.29 is 9.50 Å². The minimum absolute atomic E-state index is 0.0375. The molecule has 2 heteroatoms. The molecule has 78 valence electrons. The van der Waals surface area contributed by atoms with Gasteiger partial charge in [-0.3, -0.25) is 0 Å².